The predicted molar refractivity (Wildman–Crippen MR) is 116 cm³/mol. The van der Waals surface area contributed by atoms with Gasteiger partial charge in [-0.15, -0.1) is 0 Å². The molecule has 0 radical (unpaired) electrons. The van der Waals surface area contributed by atoms with Crippen molar-refractivity contribution >= 4 is 28.7 Å². The van der Waals surface area contributed by atoms with E-state index in [-0.39, 0.29) is 18.0 Å². The minimum atomic E-state index is -1.23. The Balaban J connectivity index is 1.80. The summed E-state index contributed by atoms with van der Waals surface area (Å²) in [6.07, 6.45) is 3.11. The highest BCUT2D eigenvalue weighted by Gasteiger charge is 2.29. The maximum Gasteiger partial charge on any atom is 0.305 e. The van der Waals surface area contributed by atoms with Gasteiger partial charge in [0.25, 0.3) is 0 Å². The summed E-state index contributed by atoms with van der Waals surface area (Å²) in [7, 11) is 0. The highest BCUT2D eigenvalue weighted by molar-refractivity contribution is 6.02. The summed E-state index contributed by atoms with van der Waals surface area (Å²) >= 11 is 0. The number of carboxylic acids is 1. The molecular formula is C25H22FNO4. The molecule has 5 nitrogen and oxygen atoms in total. The van der Waals surface area contributed by atoms with E-state index in [0.29, 0.717) is 5.92 Å². The number of aliphatic carboxylic acids is 1. The molecule has 3 aromatic rings. The lowest BCUT2D eigenvalue weighted by Crippen LogP contribution is -2.16. The third kappa shape index (κ3) is 4.86. The van der Waals surface area contributed by atoms with Crippen LogP contribution >= 0.6 is 0 Å². The molecule has 1 aromatic heterocycles. The van der Waals surface area contributed by atoms with Crippen molar-refractivity contribution in [2.45, 2.75) is 37.7 Å². The summed E-state index contributed by atoms with van der Waals surface area (Å²) in [5, 5.41) is 19.4. The van der Waals surface area contributed by atoms with E-state index < -0.39 is 18.5 Å². The van der Waals surface area contributed by atoms with E-state index in [4.69, 9.17) is 10.1 Å². The van der Waals surface area contributed by atoms with Crippen molar-refractivity contribution in [3.8, 4) is 11.1 Å². The molecule has 1 aliphatic carbocycles. The number of pyridine rings is 1. The second kappa shape index (κ2) is 8.78. The van der Waals surface area contributed by atoms with Crippen LogP contribution in [0.2, 0.25) is 0 Å². The lowest BCUT2D eigenvalue weighted by Gasteiger charge is -2.15. The molecule has 2 aromatic carbocycles. The zero-order valence-corrected chi connectivity index (χ0v) is 16.8. The summed E-state index contributed by atoms with van der Waals surface area (Å²) in [5.74, 6) is -1.55. The molecule has 1 heterocycles. The van der Waals surface area contributed by atoms with Crippen LogP contribution in [0, 0.1) is 5.82 Å². The molecule has 2 N–H and O–H groups in total. The van der Waals surface area contributed by atoms with Gasteiger partial charge in [-0.2, -0.15) is 0 Å². The van der Waals surface area contributed by atoms with Crippen LogP contribution in [-0.4, -0.2) is 33.1 Å². The Morgan fingerprint density at radius 1 is 1.10 bits per heavy atom. The molecular weight excluding hydrogens is 397 g/mol. The summed E-state index contributed by atoms with van der Waals surface area (Å²) in [6, 6.07) is 14.0. The lowest BCUT2D eigenvalue weighted by atomic mass is 9.92. The Hall–Kier alpha value is -3.38. The molecule has 1 atom stereocenters. The number of halogens is 1. The number of fused-ring (bicyclic) bond motifs is 1. The Kier molecular flexibility index (Phi) is 5.91. The number of aliphatic hydroxyl groups is 1. The number of carbonyl (C=O) groups is 2. The van der Waals surface area contributed by atoms with Crippen molar-refractivity contribution in [2.24, 2.45) is 0 Å². The Morgan fingerprint density at radius 2 is 1.81 bits per heavy atom. The number of nitrogens with zero attached hydrogens (tertiary/aromatic N) is 1. The van der Waals surface area contributed by atoms with Gasteiger partial charge in [-0.3, -0.25) is 14.6 Å². The van der Waals surface area contributed by atoms with E-state index >= 15 is 0 Å². The topological polar surface area (TPSA) is 87.5 Å². The summed E-state index contributed by atoms with van der Waals surface area (Å²) in [5.41, 5.74) is 4.23. The predicted octanol–water partition coefficient (Wildman–Crippen LogP) is 4.73. The number of allylic oxidation sites excluding steroid dienone is 1. The smallest absolute Gasteiger partial charge is 0.305 e. The van der Waals surface area contributed by atoms with E-state index in [1.54, 1.807) is 18.2 Å². The summed E-state index contributed by atoms with van der Waals surface area (Å²) < 4.78 is 13.6. The quantitative estimate of drug-likeness (QED) is 0.516. The fraction of sp³-hybridized carbons (Fsp3) is 0.240. The second-order valence-electron chi connectivity index (χ2n) is 7.84. The van der Waals surface area contributed by atoms with Gasteiger partial charge < -0.3 is 10.2 Å². The second-order valence-corrected chi connectivity index (χ2v) is 7.84. The monoisotopic (exact) mass is 419 g/mol. The standard InChI is InChI=1S/C25H22FNO4/c26-17-9-7-15(8-10-17)24-20-3-1-2-4-22(20)27-25(16-5-6-16)21(24)12-11-18(28)13-19(29)14-23(30)31/h1-4,7-12,16,19,29H,5-6,13-14H2,(H,30,31)/b12-11+/t19-/m1/s1. The zero-order chi connectivity index (χ0) is 22.0. The van der Waals surface area contributed by atoms with Crippen LogP contribution in [-0.2, 0) is 9.59 Å². The van der Waals surface area contributed by atoms with Crippen LogP contribution < -0.4 is 0 Å². The highest BCUT2D eigenvalue weighted by Crippen LogP contribution is 2.45. The van der Waals surface area contributed by atoms with Crippen molar-refractivity contribution in [2.75, 3.05) is 0 Å². The molecule has 0 aliphatic heterocycles. The molecule has 1 aliphatic rings. The Labute approximate surface area is 178 Å². The van der Waals surface area contributed by atoms with Crippen LogP contribution in [0.1, 0.15) is 42.9 Å². The van der Waals surface area contributed by atoms with E-state index in [0.717, 1.165) is 46.1 Å². The van der Waals surface area contributed by atoms with Crippen molar-refractivity contribution in [3.63, 3.8) is 0 Å². The lowest BCUT2D eigenvalue weighted by molar-refractivity contribution is -0.139. The fourth-order valence-corrected chi connectivity index (χ4v) is 3.76. The Bertz CT molecular complexity index is 1170. The third-order valence-corrected chi connectivity index (χ3v) is 5.34. The third-order valence-electron chi connectivity index (χ3n) is 5.34. The van der Waals surface area contributed by atoms with Crippen LogP contribution in [0.5, 0.6) is 0 Å². The maximum atomic E-state index is 13.6. The fourth-order valence-electron chi connectivity index (χ4n) is 3.76. The number of carboxylic acid groups (broad SMARTS) is 1. The highest BCUT2D eigenvalue weighted by atomic mass is 19.1. The number of benzene rings is 2. The van der Waals surface area contributed by atoms with Gasteiger partial charge in [-0.05, 0) is 48.8 Å². The minimum Gasteiger partial charge on any atom is -0.481 e. The van der Waals surface area contributed by atoms with E-state index in [1.807, 2.05) is 24.3 Å². The number of hydrogen-bond donors (Lipinski definition) is 2. The van der Waals surface area contributed by atoms with Gasteiger partial charge in [-0.1, -0.05) is 30.3 Å². The van der Waals surface area contributed by atoms with Gasteiger partial charge in [0.05, 0.1) is 23.7 Å². The van der Waals surface area contributed by atoms with E-state index in [1.165, 1.54) is 18.2 Å². The van der Waals surface area contributed by atoms with Crippen molar-refractivity contribution in [1.82, 2.24) is 4.98 Å². The average Bonchev–Trinajstić information content (AvgIpc) is 3.56. The normalized spacial score (nSPS) is 14.8. The maximum absolute atomic E-state index is 13.6. The summed E-state index contributed by atoms with van der Waals surface area (Å²) in [6.45, 7) is 0. The van der Waals surface area contributed by atoms with Crippen LogP contribution in [0.25, 0.3) is 28.1 Å². The summed E-state index contributed by atoms with van der Waals surface area (Å²) in [4.78, 5) is 27.9. The number of hydrogen-bond acceptors (Lipinski definition) is 4. The first-order valence-corrected chi connectivity index (χ1v) is 10.2. The molecule has 0 saturated heterocycles. The number of aliphatic hydroxyl groups excluding tert-OH is 1. The molecule has 0 bridgehead atoms. The molecule has 0 spiro atoms. The van der Waals surface area contributed by atoms with Crippen molar-refractivity contribution < 1.29 is 24.2 Å². The van der Waals surface area contributed by atoms with Gasteiger partial charge in [0.2, 0.25) is 0 Å². The average molecular weight is 419 g/mol. The van der Waals surface area contributed by atoms with E-state index in [2.05, 4.69) is 0 Å². The van der Waals surface area contributed by atoms with Gasteiger partial charge >= 0.3 is 5.97 Å². The van der Waals surface area contributed by atoms with Crippen molar-refractivity contribution in [3.05, 3.63) is 71.7 Å². The van der Waals surface area contributed by atoms with Gasteiger partial charge in [0.1, 0.15) is 5.82 Å². The van der Waals surface area contributed by atoms with Gasteiger partial charge in [-0.25, -0.2) is 4.39 Å². The molecule has 1 fully saturated rings. The first kappa shape index (κ1) is 20.9. The van der Waals surface area contributed by atoms with Crippen LogP contribution in [0.15, 0.2) is 54.6 Å². The van der Waals surface area contributed by atoms with Gasteiger partial charge in [0, 0.05) is 28.9 Å². The number of aromatic nitrogens is 1. The van der Waals surface area contributed by atoms with E-state index in [9.17, 15) is 19.1 Å². The number of para-hydroxylation sites is 1. The number of carbonyl (C=O) groups excluding carboxylic acids is 1. The van der Waals surface area contributed by atoms with Gasteiger partial charge in [0.15, 0.2) is 5.78 Å². The molecule has 0 unspecified atom stereocenters. The van der Waals surface area contributed by atoms with Crippen molar-refractivity contribution in [1.29, 1.82) is 0 Å². The molecule has 6 heteroatoms. The molecule has 31 heavy (non-hydrogen) atoms. The first-order chi connectivity index (χ1) is 14.9. The SMILES string of the molecule is O=C(O)C[C@H](O)CC(=O)/C=C/c1c(C2CC2)nc2ccccc2c1-c1ccc(F)cc1. The molecule has 0 amide bonds. The molecule has 4 rings (SSSR count). The Morgan fingerprint density at radius 3 is 2.48 bits per heavy atom. The zero-order valence-electron chi connectivity index (χ0n) is 16.8. The molecule has 1 saturated carbocycles. The number of rotatable bonds is 8. The van der Waals surface area contributed by atoms with Crippen LogP contribution in [0.3, 0.4) is 0 Å². The minimum absolute atomic E-state index is 0.269. The molecule has 158 valence electrons. The number of ketones is 1. The van der Waals surface area contributed by atoms with Crippen LogP contribution in [0.4, 0.5) is 4.39 Å². The first-order valence-electron chi connectivity index (χ1n) is 10.2. The largest absolute Gasteiger partial charge is 0.481 e.